The summed E-state index contributed by atoms with van der Waals surface area (Å²) in [6.45, 7) is 15.6. The van der Waals surface area contributed by atoms with Crippen molar-refractivity contribution in [1.82, 2.24) is 20.4 Å². The largest absolute Gasteiger partial charge is 0.357 e. The number of hydrogen-bond acceptors (Lipinski definition) is 5. The SMILES string of the molecule is CCNC(=NCCN1CCS(=O)(=O)CC1)NC(C)CCCN(CC)CC.I. The average Bonchev–Trinajstić information content (AvgIpc) is 2.60. The maximum Gasteiger partial charge on any atom is 0.191 e. The molecule has 1 unspecified atom stereocenters. The van der Waals surface area contributed by atoms with Crippen LogP contribution in [0.1, 0.15) is 40.5 Å². The van der Waals surface area contributed by atoms with Crippen LogP contribution in [-0.2, 0) is 9.84 Å². The van der Waals surface area contributed by atoms with Gasteiger partial charge in [-0.25, -0.2) is 8.42 Å². The Morgan fingerprint density at radius 3 is 2.37 bits per heavy atom. The molecular weight excluding hydrogens is 477 g/mol. The Labute approximate surface area is 183 Å². The van der Waals surface area contributed by atoms with Crippen LogP contribution in [0.3, 0.4) is 0 Å². The van der Waals surface area contributed by atoms with Gasteiger partial charge in [0, 0.05) is 32.2 Å². The molecule has 27 heavy (non-hydrogen) atoms. The standard InChI is InChI=1S/C18H39N5O2S.HI/c1-5-19-18(21-17(4)9-8-11-22(6-2)7-3)20-10-12-23-13-15-26(24,25)16-14-23;/h17H,5-16H2,1-4H3,(H2,19,20,21);1H. The minimum atomic E-state index is -2.81. The molecule has 0 spiro atoms. The molecule has 1 saturated heterocycles. The van der Waals surface area contributed by atoms with Crippen LogP contribution in [0.2, 0.25) is 0 Å². The van der Waals surface area contributed by atoms with Gasteiger partial charge < -0.3 is 15.5 Å². The van der Waals surface area contributed by atoms with Crippen molar-refractivity contribution in [2.75, 3.05) is 63.9 Å². The summed E-state index contributed by atoms with van der Waals surface area (Å²) in [5.41, 5.74) is 0. The lowest BCUT2D eigenvalue weighted by atomic mass is 10.2. The third kappa shape index (κ3) is 12.1. The van der Waals surface area contributed by atoms with E-state index in [0.29, 0.717) is 25.7 Å². The predicted octanol–water partition coefficient (Wildman–Crippen LogP) is 1.40. The van der Waals surface area contributed by atoms with Gasteiger partial charge in [-0.3, -0.25) is 9.89 Å². The molecule has 1 aliphatic heterocycles. The molecule has 162 valence electrons. The number of guanidine groups is 1. The molecule has 1 heterocycles. The molecule has 0 aromatic rings. The third-order valence-corrected chi connectivity index (χ3v) is 6.47. The minimum absolute atomic E-state index is 0. The van der Waals surface area contributed by atoms with Gasteiger partial charge in [-0.05, 0) is 46.3 Å². The summed E-state index contributed by atoms with van der Waals surface area (Å²) in [5, 5.41) is 6.78. The minimum Gasteiger partial charge on any atom is -0.357 e. The van der Waals surface area contributed by atoms with Gasteiger partial charge in [-0.15, -0.1) is 24.0 Å². The molecule has 1 fully saturated rings. The fourth-order valence-electron chi connectivity index (χ4n) is 3.06. The average molecular weight is 518 g/mol. The number of halogens is 1. The molecule has 1 atom stereocenters. The number of aliphatic imine (C=N–C) groups is 1. The molecule has 0 saturated carbocycles. The number of hydrogen-bond donors (Lipinski definition) is 2. The monoisotopic (exact) mass is 517 g/mol. The zero-order chi connectivity index (χ0) is 19.4. The molecule has 0 aromatic carbocycles. The van der Waals surface area contributed by atoms with Crippen molar-refractivity contribution in [3.63, 3.8) is 0 Å². The molecule has 2 N–H and O–H groups in total. The zero-order valence-electron chi connectivity index (χ0n) is 17.5. The molecule has 0 amide bonds. The van der Waals surface area contributed by atoms with E-state index < -0.39 is 9.84 Å². The van der Waals surface area contributed by atoms with Crippen molar-refractivity contribution in [1.29, 1.82) is 0 Å². The highest BCUT2D eigenvalue weighted by molar-refractivity contribution is 14.0. The zero-order valence-corrected chi connectivity index (χ0v) is 20.7. The van der Waals surface area contributed by atoms with E-state index in [1.54, 1.807) is 0 Å². The summed E-state index contributed by atoms with van der Waals surface area (Å²) in [7, 11) is -2.81. The van der Waals surface area contributed by atoms with Crippen LogP contribution in [0.4, 0.5) is 0 Å². The predicted molar refractivity (Wildman–Crippen MR) is 126 cm³/mol. The normalized spacial score (nSPS) is 18.8. The van der Waals surface area contributed by atoms with Crippen LogP contribution in [0, 0.1) is 0 Å². The van der Waals surface area contributed by atoms with Crippen LogP contribution in [0.25, 0.3) is 0 Å². The van der Waals surface area contributed by atoms with Gasteiger partial charge in [0.1, 0.15) is 0 Å². The van der Waals surface area contributed by atoms with Crippen LogP contribution in [0.5, 0.6) is 0 Å². The maximum atomic E-state index is 11.5. The number of sulfone groups is 1. The molecule has 0 radical (unpaired) electrons. The van der Waals surface area contributed by atoms with Crippen LogP contribution in [-0.4, -0.2) is 94.1 Å². The third-order valence-electron chi connectivity index (χ3n) is 4.86. The van der Waals surface area contributed by atoms with E-state index in [4.69, 9.17) is 0 Å². The Bertz CT molecular complexity index is 498. The van der Waals surface area contributed by atoms with E-state index in [9.17, 15) is 8.42 Å². The first-order valence-electron chi connectivity index (χ1n) is 10.1. The fourth-order valence-corrected chi connectivity index (χ4v) is 4.34. The van der Waals surface area contributed by atoms with Gasteiger partial charge in [-0.1, -0.05) is 13.8 Å². The summed E-state index contributed by atoms with van der Waals surface area (Å²) < 4.78 is 22.9. The van der Waals surface area contributed by atoms with Gasteiger partial charge in [-0.2, -0.15) is 0 Å². The van der Waals surface area contributed by atoms with E-state index in [-0.39, 0.29) is 35.5 Å². The van der Waals surface area contributed by atoms with Crippen molar-refractivity contribution in [3.8, 4) is 0 Å². The van der Waals surface area contributed by atoms with Gasteiger partial charge in [0.15, 0.2) is 15.8 Å². The van der Waals surface area contributed by atoms with Crippen LogP contribution < -0.4 is 10.6 Å². The molecule has 1 rings (SSSR count). The van der Waals surface area contributed by atoms with Crippen molar-refractivity contribution in [3.05, 3.63) is 0 Å². The summed E-state index contributed by atoms with van der Waals surface area (Å²) >= 11 is 0. The summed E-state index contributed by atoms with van der Waals surface area (Å²) in [4.78, 5) is 9.28. The van der Waals surface area contributed by atoms with Crippen molar-refractivity contribution < 1.29 is 8.42 Å². The second kappa shape index (κ2) is 14.8. The topological polar surface area (TPSA) is 77.0 Å². The Balaban J connectivity index is 0.00000676. The molecule has 1 aliphatic rings. The first-order valence-corrected chi connectivity index (χ1v) is 11.9. The van der Waals surface area contributed by atoms with Gasteiger partial charge in [0.25, 0.3) is 0 Å². The van der Waals surface area contributed by atoms with Gasteiger partial charge >= 0.3 is 0 Å². The number of nitrogens with one attached hydrogen (secondary N) is 2. The number of nitrogens with zero attached hydrogens (tertiary/aromatic N) is 3. The summed E-state index contributed by atoms with van der Waals surface area (Å²) in [6, 6.07) is 0.378. The molecule has 0 aliphatic carbocycles. The quantitative estimate of drug-likeness (QED) is 0.245. The Hall–Kier alpha value is -0.130. The van der Waals surface area contributed by atoms with E-state index in [1.165, 1.54) is 6.42 Å². The Morgan fingerprint density at radius 1 is 1.19 bits per heavy atom. The Kier molecular flexibility index (Phi) is 14.7. The maximum absolute atomic E-state index is 11.5. The first kappa shape index (κ1) is 26.9. The summed E-state index contributed by atoms with van der Waals surface area (Å²) in [5.74, 6) is 1.41. The smallest absolute Gasteiger partial charge is 0.191 e. The van der Waals surface area contributed by atoms with Crippen LogP contribution >= 0.6 is 24.0 Å². The molecule has 0 aromatic heterocycles. The van der Waals surface area contributed by atoms with Crippen molar-refractivity contribution in [2.45, 2.75) is 46.6 Å². The molecule has 0 bridgehead atoms. The Morgan fingerprint density at radius 2 is 1.81 bits per heavy atom. The number of rotatable bonds is 11. The second-order valence-electron chi connectivity index (χ2n) is 6.97. The van der Waals surface area contributed by atoms with E-state index in [2.05, 4.69) is 53.1 Å². The summed E-state index contributed by atoms with van der Waals surface area (Å²) in [6.07, 6.45) is 2.29. The highest BCUT2D eigenvalue weighted by atomic mass is 127. The highest BCUT2D eigenvalue weighted by Gasteiger charge is 2.20. The second-order valence-corrected chi connectivity index (χ2v) is 9.27. The molecule has 9 heteroatoms. The highest BCUT2D eigenvalue weighted by Crippen LogP contribution is 2.03. The van der Waals surface area contributed by atoms with E-state index in [1.807, 2.05) is 0 Å². The van der Waals surface area contributed by atoms with Crippen LogP contribution in [0.15, 0.2) is 4.99 Å². The van der Waals surface area contributed by atoms with E-state index in [0.717, 1.165) is 45.1 Å². The lowest BCUT2D eigenvalue weighted by molar-refractivity contribution is 0.292. The lowest BCUT2D eigenvalue weighted by Gasteiger charge is -2.26. The van der Waals surface area contributed by atoms with E-state index >= 15 is 0 Å². The first-order chi connectivity index (χ1) is 12.4. The van der Waals surface area contributed by atoms with Crippen molar-refractivity contribution >= 4 is 39.8 Å². The molecule has 7 nitrogen and oxygen atoms in total. The lowest BCUT2D eigenvalue weighted by Crippen LogP contribution is -2.44. The van der Waals surface area contributed by atoms with Crippen molar-refractivity contribution in [2.24, 2.45) is 4.99 Å². The van der Waals surface area contributed by atoms with Gasteiger partial charge in [0.05, 0.1) is 18.1 Å². The molecular formula is C18H40IN5O2S. The van der Waals surface area contributed by atoms with Gasteiger partial charge in [0.2, 0.25) is 0 Å². The fraction of sp³-hybridized carbons (Fsp3) is 0.944.